The molecule has 2 aromatic carbocycles. The minimum Gasteiger partial charge on any atom is -0.362 e. The summed E-state index contributed by atoms with van der Waals surface area (Å²) in [6.45, 7) is 2.28. The van der Waals surface area contributed by atoms with E-state index in [1.165, 1.54) is 0 Å². The molecule has 2 heterocycles. The molecule has 1 aliphatic carbocycles. The number of carbonyl (C=O) groups is 1. The van der Waals surface area contributed by atoms with E-state index in [4.69, 9.17) is 37.7 Å². The van der Waals surface area contributed by atoms with Crippen molar-refractivity contribution in [1.29, 1.82) is 0 Å². The molecule has 8 nitrogen and oxygen atoms in total. The molecule has 0 radical (unpaired) electrons. The standard InChI is InChI=1S/C28H30Cl2N6O2/c1-16-23(25(35-38-16)24-20(29)8-6-9-21(24)30)27(37)31-15-17-11-13-18(14-12-17)32-28-33-22-10-5-4-7-19(22)26(34-28)36(2)3/h4-10,17-18H,11-15H2,1-3H3,(H,31,37)(H,32,33,34). The number of anilines is 2. The maximum Gasteiger partial charge on any atom is 0.257 e. The molecule has 38 heavy (non-hydrogen) atoms. The van der Waals surface area contributed by atoms with Crippen molar-refractivity contribution in [2.75, 3.05) is 30.9 Å². The fourth-order valence-corrected chi connectivity index (χ4v) is 5.59. The van der Waals surface area contributed by atoms with Crippen LogP contribution in [-0.2, 0) is 0 Å². The summed E-state index contributed by atoms with van der Waals surface area (Å²) in [5.74, 6) is 2.11. The van der Waals surface area contributed by atoms with Crippen molar-refractivity contribution < 1.29 is 9.32 Å². The second kappa shape index (κ2) is 11.2. The van der Waals surface area contributed by atoms with Crippen LogP contribution in [0.4, 0.5) is 11.8 Å². The highest BCUT2D eigenvalue weighted by Crippen LogP contribution is 2.37. The Kier molecular flexibility index (Phi) is 7.72. The van der Waals surface area contributed by atoms with E-state index >= 15 is 0 Å². The Labute approximate surface area is 231 Å². The molecule has 1 saturated carbocycles. The van der Waals surface area contributed by atoms with Gasteiger partial charge in [0.1, 0.15) is 22.8 Å². The summed E-state index contributed by atoms with van der Waals surface area (Å²) in [6, 6.07) is 13.5. The lowest BCUT2D eigenvalue weighted by Gasteiger charge is -2.29. The number of hydrogen-bond acceptors (Lipinski definition) is 7. The molecule has 1 aliphatic rings. The van der Waals surface area contributed by atoms with Crippen LogP contribution in [0.25, 0.3) is 22.2 Å². The maximum absolute atomic E-state index is 13.2. The average Bonchev–Trinajstić information content (AvgIpc) is 3.28. The first-order valence-electron chi connectivity index (χ1n) is 12.7. The quantitative estimate of drug-likeness (QED) is 0.275. The van der Waals surface area contributed by atoms with Crippen LogP contribution < -0.4 is 15.5 Å². The molecule has 0 bridgehead atoms. The largest absolute Gasteiger partial charge is 0.362 e. The third-order valence-electron chi connectivity index (χ3n) is 7.03. The number of fused-ring (bicyclic) bond motifs is 1. The highest BCUT2D eigenvalue weighted by Gasteiger charge is 2.27. The van der Waals surface area contributed by atoms with Gasteiger partial charge in [0.05, 0.1) is 15.6 Å². The number of aromatic nitrogens is 3. The molecule has 0 saturated heterocycles. The van der Waals surface area contributed by atoms with Crippen molar-refractivity contribution in [3.63, 3.8) is 0 Å². The van der Waals surface area contributed by atoms with Gasteiger partial charge in [-0.05, 0) is 62.8 Å². The smallest absolute Gasteiger partial charge is 0.257 e. The predicted molar refractivity (Wildman–Crippen MR) is 152 cm³/mol. The van der Waals surface area contributed by atoms with Crippen LogP contribution in [0.5, 0.6) is 0 Å². The molecule has 2 N–H and O–H groups in total. The Hall–Kier alpha value is -3.36. The second-order valence-corrected chi connectivity index (χ2v) is 10.7. The van der Waals surface area contributed by atoms with Gasteiger partial charge in [0.25, 0.3) is 5.91 Å². The van der Waals surface area contributed by atoms with Crippen LogP contribution in [0.2, 0.25) is 10.0 Å². The highest BCUT2D eigenvalue weighted by atomic mass is 35.5. The second-order valence-electron chi connectivity index (χ2n) is 9.91. The Morgan fingerprint density at radius 1 is 1.03 bits per heavy atom. The van der Waals surface area contributed by atoms with Gasteiger partial charge in [0, 0.05) is 37.6 Å². The summed E-state index contributed by atoms with van der Waals surface area (Å²) in [7, 11) is 3.98. The van der Waals surface area contributed by atoms with Crippen molar-refractivity contribution in [3.8, 4) is 11.3 Å². The van der Waals surface area contributed by atoms with E-state index in [0.29, 0.717) is 51.0 Å². The lowest BCUT2D eigenvalue weighted by atomic mass is 9.86. The molecule has 0 atom stereocenters. The molecule has 4 aromatic rings. The van der Waals surface area contributed by atoms with Crippen molar-refractivity contribution in [2.24, 2.45) is 5.92 Å². The first kappa shape index (κ1) is 26.3. The SMILES string of the molecule is Cc1onc(-c2c(Cl)cccc2Cl)c1C(=O)NCC1CCC(Nc2nc(N(C)C)c3ccccc3n2)CC1. The summed E-state index contributed by atoms with van der Waals surface area (Å²) >= 11 is 12.7. The number of para-hydroxylation sites is 1. The summed E-state index contributed by atoms with van der Waals surface area (Å²) in [5, 5.41) is 12.6. The van der Waals surface area contributed by atoms with Crippen molar-refractivity contribution in [2.45, 2.75) is 38.6 Å². The first-order chi connectivity index (χ1) is 18.3. The number of carbonyl (C=O) groups excluding carboxylic acids is 1. The number of halogens is 2. The number of nitrogens with zero attached hydrogens (tertiary/aromatic N) is 4. The van der Waals surface area contributed by atoms with Gasteiger partial charge in [0.2, 0.25) is 5.95 Å². The molecule has 1 fully saturated rings. The number of nitrogens with one attached hydrogen (secondary N) is 2. The van der Waals surface area contributed by atoms with E-state index in [-0.39, 0.29) is 11.9 Å². The number of rotatable bonds is 7. The topological polar surface area (TPSA) is 96.2 Å². The third-order valence-corrected chi connectivity index (χ3v) is 7.66. The Balaban J connectivity index is 1.20. The highest BCUT2D eigenvalue weighted by molar-refractivity contribution is 6.39. The Morgan fingerprint density at radius 2 is 1.74 bits per heavy atom. The lowest BCUT2D eigenvalue weighted by Crippen LogP contribution is -2.34. The van der Waals surface area contributed by atoms with E-state index in [9.17, 15) is 4.79 Å². The molecule has 0 unspecified atom stereocenters. The minimum atomic E-state index is -0.240. The number of aryl methyl sites for hydroxylation is 1. The van der Waals surface area contributed by atoms with Crippen LogP contribution in [0.1, 0.15) is 41.8 Å². The normalized spacial score (nSPS) is 17.4. The van der Waals surface area contributed by atoms with E-state index in [0.717, 1.165) is 42.4 Å². The molecule has 0 aliphatic heterocycles. The maximum atomic E-state index is 13.2. The number of amides is 1. The Morgan fingerprint density at radius 3 is 2.45 bits per heavy atom. The molecular formula is C28H30Cl2N6O2. The van der Waals surface area contributed by atoms with Crippen LogP contribution in [0, 0.1) is 12.8 Å². The number of hydrogen-bond donors (Lipinski definition) is 2. The summed E-state index contributed by atoms with van der Waals surface area (Å²) < 4.78 is 5.34. The van der Waals surface area contributed by atoms with Crippen molar-refractivity contribution >= 4 is 51.8 Å². The number of benzene rings is 2. The predicted octanol–water partition coefficient (Wildman–Crippen LogP) is 6.37. The summed E-state index contributed by atoms with van der Waals surface area (Å²) in [5.41, 5.74) is 2.14. The van der Waals surface area contributed by atoms with Crippen molar-refractivity contribution in [1.82, 2.24) is 20.4 Å². The minimum absolute atomic E-state index is 0.240. The molecule has 5 rings (SSSR count). The van der Waals surface area contributed by atoms with Crippen molar-refractivity contribution in [3.05, 3.63) is 63.8 Å². The van der Waals surface area contributed by atoms with Gasteiger partial charge in [-0.1, -0.05) is 46.6 Å². The molecule has 10 heteroatoms. The van der Waals surface area contributed by atoms with Gasteiger partial charge in [-0.15, -0.1) is 0 Å². The van der Waals surface area contributed by atoms with E-state index < -0.39 is 0 Å². The van der Waals surface area contributed by atoms with Crippen LogP contribution >= 0.6 is 23.2 Å². The van der Waals surface area contributed by atoms with Crippen LogP contribution in [0.15, 0.2) is 47.0 Å². The molecule has 0 spiro atoms. The van der Waals surface area contributed by atoms with E-state index in [2.05, 4.69) is 15.8 Å². The summed E-state index contributed by atoms with van der Waals surface area (Å²) in [6.07, 6.45) is 3.91. The van der Waals surface area contributed by atoms with Gasteiger partial charge in [-0.2, -0.15) is 4.98 Å². The fourth-order valence-electron chi connectivity index (χ4n) is 5.02. The van der Waals surface area contributed by atoms with Crippen LogP contribution in [-0.4, -0.2) is 47.7 Å². The van der Waals surface area contributed by atoms with E-state index in [1.807, 2.05) is 43.3 Å². The lowest BCUT2D eigenvalue weighted by molar-refractivity contribution is 0.0942. The van der Waals surface area contributed by atoms with E-state index in [1.54, 1.807) is 25.1 Å². The first-order valence-corrected chi connectivity index (χ1v) is 13.5. The summed E-state index contributed by atoms with van der Waals surface area (Å²) in [4.78, 5) is 24.7. The zero-order valence-corrected chi connectivity index (χ0v) is 23.1. The molecule has 2 aromatic heterocycles. The van der Waals surface area contributed by atoms with Gasteiger partial charge in [0.15, 0.2) is 0 Å². The molecular weight excluding hydrogens is 523 g/mol. The Bertz CT molecular complexity index is 1440. The average molecular weight is 553 g/mol. The zero-order chi connectivity index (χ0) is 26.8. The van der Waals surface area contributed by atoms with Gasteiger partial charge < -0.3 is 20.1 Å². The fraction of sp³-hybridized carbons (Fsp3) is 0.357. The monoisotopic (exact) mass is 552 g/mol. The third kappa shape index (κ3) is 5.42. The van der Waals surface area contributed by atoms with Crippen LogP contribution in [0.3, 0.4) is 0 Å². The van der Waals surface area contributed by atoms with Gasteiger partial charge >= 0.3 is 0 Å². The zero-order valence-electron chi connectivity index (χ0n) is 21.6. The molecule has 1 amide bonds. The van der Waals surface area contributed by atoms with Gasteiger partial charge in [-0.25, -0.2) is 4.98 Å². The van der Waals surface area contributed by atoms with Gasteiger partial charge in [-0.3, -0.25) is 4.79 Å². The molecule has 198 valence electrons.